The van der Waals surface area contributed by atoms with E-state index in [1.807, 2.05) is 0 Å². The first-order chi connectivity index (χ1) is 7.18. The van der Waals surface area contributed by atoms with Crippen LogP contribution in [-0.4, -0.2) is 44.6 Å². The summed E-state index contributed by atoms with van der Waals surface area (Å²) in [7, 11) is 0. The van der Waals surface area contributed by atoms with E-state index in [2.05, 4.69) is 9.59 Å². The van der Waals surface area contributed by atoms with Crippen molar-refractivity contribution in [2.75, 3.05) is 13.1 Å². The van der Waals surface area contributed by atoms with Gasteiger partial charge in [0.05, 0.1) is 12.1 Å². The van der Waals surface area contributed by atoms with E-state index in [0.29, 0.717) is 17.8 Å². The smallest absolute Gasteiger partial charge is 0.308 e. The van der Waals surface area contributed by atoms with Gasteiger partial charge in [-0.25, -0.2) is 0 Å². The van der Waals surface area contributed by atoms with Crippen LogP contribution < -0.4 is 0 Å². The zero-order chi connectivity index (χ0) is 10.8. The number of amides is 1. The molecule has 1 aromatic heterocycles. The van der Waals surface area contributed by atoms with Crippen LogP contribution in [0.1, 0.15) is 16.1 Å². The molecule has 2 rings (SSSR count). The van der Waals surface area contributed by atoms with Crippen LogP contribution in [0.15, 0.2) is 6.20 Å². The van der Waals surface area contributed by atoms with Gasteiger partial charge in [0.1, 0.15) is 4.88 Å². The Kier molecular flexibility index (Phi) is 2.63. The molecule has 1 unspecified atom stereocenters. The van der Waals surface area contributed by atoms with Gasteiger partial charge in [-0.05, 0) is 18.0 Å². The van der Waals surface area contributed by atoms with Gasteiger partial charge in [0.2, 0.25) is 0 Å². The highest BCUT2D eigenvalue weighted by molar-refractivity contribution is 7.07. The minimum Gasteiger partial charge on any atom is -0.481 e. The highest BCUT2D eigenvalue weighted by atomic mass is 32.1. The molecular formula is C8H9N3O3S. The molecule has 80 valence electrons. The molecule has 1 fully saturated rings. The Balaban J connectivity index is 2.02. The van der Waals surface area contributed by atoms with Crippen molar-refractivity contribution < 1.29 is 14.7 Å². The molecule has 1 atom stereocenters. The predicted molar refractivity (Wildman–Crippen MR) is 51.6 cm³/mol. The van der Waals surface area contributed by atoms with Gasteiger partial charge < -0.3 is 10.0 Å². The van der Waals surface area contributed by atoms with Crippen LogP contribution in [0.4, 0.5) is 0 Å². The van der Waals surface area contributed by atoms with Crippen LogP contribution >= 0.6 is 11.5 Å². The van der Waals surface area contributed by atoms with E-state index in [-0.39, 0.29) is 12.5 Å². The van der Waals surface area contributed by atoms with Gasteiger partial charge in [-0.1, -0.05) is 4.49 Å². The molecule has 0 aliphatic carbocycles. The first-order valence-electron chi connectivity index (χ1n) is 4.48. The first kappa shape index (κ1) is 10.0. The molecule has 6 nitrogen and oxygen atoms in total. The second-order valence-corrected chi connectivity index (χ2v) is 4.14. The zero-order valence-corrected chi connectivity index (χ0v) is 8.61. The molecule has 0 saturated carbocycles. The molecule has 1 aliphatic heterocycles. The van der Waals surface area contributed by atoms with E-state index in [1.165, 1.54) is 11.1 Å². The average molecular weight is 227 g/mol. The lowest BCUT2D eigenvalue weighted by molar-refractivity contribution is -0.141. The first-order valence-corrected chi connectivity index (χ1v) is 5.25. The van der Waals surface area contributed by atoms with Crippen molar-refractivity contribution in [2.45, 2.75) is 6.42 Å². The molecule has 0 spiro atoms. The number of carbonyl (C=O) groups is 2. The molecule has 2 heterocycles. The van der Waals surface area contributed by atoms with E-state index in [4.69, 9.17) is 5.11 Å². The maximum Gasteiger partial charge on any atom is 0.308 e. The lowest BCUT2D eigenvalue weighted by Crippen LogP contribution is -2.29. The number of hydrogen-bond donors (Lipinski definition) is 1. The molecule has 7 heteroatoms. The number of carboxylic acid groups (broad SMARTS) is 1. The maximum absolute atomic E-state index is 11.7. The van der Waals surface area contributed by atoms with E-state index in [0.717, 1.165) is 11.5 Å². The van der Waals surface area contributed by atoms with Crippen LogP contribution in [0.25, 0.3) is 0 Å². The minimum atomic E-state index is -0.840. The Labute approximate surface area is 89.7 Å². The number of hydrogen-bond acceptors (Lipinski definition) is 5. The fourth-order valence-electron chi connectivity index (χ4n) is 1.56. The number of likely N-dealkylation sites (tertiary alicyclic amines) is 1. The predicted octanol–water partition coefficient (Wildman–Crippen LogP) is 0.0848. The third-order valence-corrected chi connectivity index (χ3v) is 3.05. The lowest BCUT2D eigenvalue weighted by Gasteiger charge is -2.13. The monoisotopic (exact) mass is 227 g/mol. The highest BCUT2D eigenvalue weighted by Gasteiger charge is 2.31. The molecule has 1 N–H and O–H groups in total. The van der Waals surface area contributed by atoms with Gasteiger partial charge >= 0.3 is 5.97 Å². The molecule has 1 saturated heterocycles. The van der Waals surface area contributed by atoms with Gasteiger partial charge in [0.25, 0.3) is 5.91 Å². The number of nitrogens with zero attached hydrogens (tertiary/aromatic N) is 3. The third-order valence-electron chi connectivity index (χ3n) is 2.40. The average Bonchev–Trinajstić information content (AvgIpc) is 2.88. The van der Waals surface area contributed by atoms with Crippen molar-refractivity contribution in [3.63, 3.8) is 0 Å². The second kappa shape index (κ2) is 3.93. The Morgan fingerprint density at radius 3 is 2.93 bits per heavy atom. The number of carbonyl (C=O) groups excluding carboxylic acids is 1. The molecule has 0 bridgehead atoms. The van der Waals surface area contributed by atoms with Crippen LogP contribution in [-0.2, 0) is 4.79 Å². The van der Waals surface area contributed by atoms with E-state index in [1.54, 1.807) is 0 Å². The van der Waals surface area contributed by atoms with Gasteiger partial charge in [0, 0.05) is 13.1 Å². The SMILES string of the molecule is O=C(O)C1CCN(C(=O)c2cnns2)C1. The summed E-state index contributed by atoms with van der Waals surface area (Å²) in [4.78, 5) is 24.4. The molecule has 0 aromatic carbocycles. The summed E-state index contributed by atoms with van der Waals surface area (Å²) in [6, 6.07) is 0. The van der Waals surface area contributed by atoms with Gasteiger partial charge in [0.15, 0.2) is 0 Å². The Morgan fingerprint density at radius 2 is 2.40 bits per heavy atom. The molecule has 1 aliphatic rings. The summed E-state index contributed by atoms with van der Waals surface area (Å²) in [6.45, 7) is 0.778. The van der Waals surface area contributed by atoms with Crippen LogP contribution in [0.5, 0.6) is 0 Å². The van der Waals surface area contributed by atoms with Crippen LogP contribution in [0.2, 0.25) is 0 Å². The molecule has 1 aromatic rings. The van der Waals surface area contributed by atoms with Crippen molar-refractivity contribution in [3.8, 4) is 0 Å². The van der Waals surface area contributed by atoms with Crippen molar-refractivity contribution in [2.24, 2.45) is 5.92 Å². The summed E-state index contributed by atoms with van der Waals surface area (Å²) in [6.07, 6.45) is 1.92. The number of aliphatic carboxylic acids is 1. The summed E-state index contributed by atoms with van der Waals surface area (Å²) in [5.41, 5.74) is 0. The van der Waals surface area contributed by atoms with Crippen LogP contribution in [0, 0.1) is 5.92 Å². The topological polar surface area (TPSA) is 83.4 Å². The van der Waals surface area contributed by atoms with E-state index in [9.17, 15) is 9.59 Å². The molecule has 15 heavy (non-hydrogen) atoms. The summed E-state index contributed by atoms with van der Waals surface area (Å²) < 4.78 is 3.60. The Bertz CT molecular complexity index is 378. The molecule has 1 amide bonds. The van der Waals surface area contributed by atoms with E-state index >= 15 is 0 Å². The molecule has 0 radical (unpaired) electrons. The quantitative estimate of drug-likeness (QED) is 0.773. The zero-order valence-electron chi connectivity index (χ0n) is 7.79. The highest BCUT2D eigenvalue weighted by Crippen LogP contribution is 2.19. The van der Waals surface area contributed by atoms with Gasteiger partial charge in [-0.2, -0.15) is 0 Å². The number of aromatic nitrogens is 2. The standard InChI is InChI=1S/C8H9N3O3S/c12-7(6-3-9-10-15-6)11-2-1-5(4-11)8(13)14/h3,5H,1-2,4H2,(H,13,14). The largest absolute Gasteiger partial charge is 0.481 e. The normalized spacial score (nSPS) is 20.5. The van der Waals surface area contributed by atoms with Crippen molar-refractivity contribution in [1.29, 1.82) is 0 Å². The molecular weight excluding hydrogens is 218 g/mol. The summed E-state index contributed by atoms with van der Waals surface area (Å²) >= 11 is 1.03. The third kappa shape index (κ3) is 1.96. The summed E-state index contributed by atoms with van der Waals surface area (Å²) in [5, 5.41) is 12.4. The number of rotatable bonds is 2. The summed E-state index contributed by atoms with van der Waals surface area (Å²) in [5.74, 6) is -1.45. The van der Waals surface area contributed by atoms with Crippen molar-refractivity contribution in [1.82, 2.24) is 14.5 Å². The van der Waals surface area contributed by atoms with Crippen molar-refractivity contribution in [3.05, 3.63) is 11.1 Å². The fraction of sp³-hybridized carbons (Fsp3) is 0.500. The fourth-order valence-corrected chi connectivity index (χ4v) is 2.05. The maximum atomic E-state index is 11.7. The Hall–Kier alpha value is -1.50. The van der Waals surface area contributed by atoms with Crippen LogP contribution in [0.3, 0.4) is 0 Å². The Morgan fingerprint density at radius 1 is 1.60 bits per heavy atom. The van der Waals surface area contributed by atoms with E-state index < -0.39 is 11.9 Å². The minimum absolute atomic E-state index is 0.172. The number of carboxylic acids is 1. The van der Waals surface area contributed by atoms with Gasteiger partial charge in [-0.3, -0.25) is 9.59 Å². The second-order valence-electron chi connectivity index (χ2n) is 3.36. The lowest BCUT2D eigenvalue weighted by atomic mass is 10.1. The van der Waals surface area contributed by atoms with Crippen molar-refractivity contribution >= 4 is 23.4 Å². The van der Waals surface area contributed by atoms with Gasteiger partial charge in [-0.15, -0.1) is 5.10 Å².